The van der Waals surface area contributed by atoms with Crippen LogP contribution < -0.4 is 4.90 Å². The molecule has 3 aromatic heterocycles. The smallest absolute Gasteiger partial charge is 0.289 e. The normalized spacial score (nSPS) is 14.8. The first-order chi connectivity index (χ1) is 12.2. The molecule has 3 aromatic rings. The third-order valence-corrected chi connectivity index (χ3v) is 5.00. The van der Waals surface area contributed by atoms with E-state index in [4.69, 9.17) is 4.42 Å². The number of thiazole rings is 1. The van der Waals surface area contributed by atoms with E-state index in [1.54, 1.807) is 23.6 Å². The fourth-order valence-electron chi connectivity index (χ4n) is 2.90. The van der Waals surface area contributed by atoms with E-state index < -0.39 is 0 Å². The second-order valence-corrected chi connectivity index (χ2v) is 6.95. The van der Waals surface area contributed by atoms with Crippen molar-refractivity contribution in [3.05, 3.63) is 52.7 Å². The fourth-order valence-corrected chi connectivity index (χ4v) is 3.50. The minimum Gasteiger partial charge on any atom is -0.449 e. The van der Waals surface area contributed by atoms with Crippen molar-refractivity contribution in [2.75, 3.05) is 31.1 Å². The lowest BCUT2D eigenvalue weighted by Gasteiger charge is -2.34. The van der Waals surface area contributed by atoms with Gasteiger partial charge in [-0.25, -0.2) is 9.97 Å². The molecule has 0 atom stereocenters. The van der Waals surface area contributed by atoms with Crippen molar-refractivity contribution in [1.82, 2.24) is 14.9 Å². The lowest BCUT2D eigenvalue weighted by Crippen LogP contribution is -2.49. The van der Waals surface area contributed by atoms with Gasteiger partial charge in [0.05, 0.1) is 5.01 Å². The van der Waals surface area contributed by atoms with Crippen LogP contribution in [0.15, 0.2) is 46.3 Å². The Hall–Kier alpha value is -2.67. The minimum atomic E-state index is -0.0705. The van der Waals surface area contributed by atoms with E-state index in [9.17, 15) is 4.79 Å². The molecule has 0 radical (unpaired) electrons. The molecule has 4 heterocycles. The summed E-state index contributed by atoms with van der Waals surface area (Å²) in [6.45, 7) is 4.79. The standard InChI is InChI=1S/C18H18N4O2S/c1-13-20-14(12-25-13)15-5-6-16(24-15)18(23)22-10-8-21(9-11-22)17-4-2-3-7-19-17/h2-7,12H,8-11H2,1H3. The van der Waals surface area contributed by atoms with E-state index in [1.165, 1.54) is 0 Å². The second-order valence-electron chi connectivity index (χ2n) is 5.88. The average Bonchev–Trinajstić information content (AvgIpc) is 3.31. The van der Waals surface area contributed by atoms with Gasteiger partial charge < -0.3 is 14.2 Å². The quantitative estimate of drug-likeness (QED) is 0.723. The molecule has 0 unspecified atom stereocenters. The first-order valence-corrected chi connectivity index (χ1v) is 9.06. The van der Waals surface area contributed by atoms with Gasteiger partial charge in [0.2, 0.25) is 0 Å². The molecule has 0 spiro atoms. The van der Waals surface area contributed by atoms with Gasteiger partial charge in [-0.15, -0.1) is 11.3 Å². The molecule has 1 aliphatic rings. The van der Waals surface area contributed by atoms with Crippen LogP contribution in [0.5, 0.6) is 0 Å². The van der Waals surface area contributed by atoms with Crippen LogP contribution in [-0.4, -0.2) is 47.0 Å². The minimum absolute atomic E-state index is 0.0705. The molecule has 128 valence electrons. The van der Waals surface area contributed by atoms with Crippen LogP contribution in [0.25, 0.3) is 11.5 Å². The van der Waals surface area contributed by atoms with E-state index in [0.29, 0.717) is 24.6 Å². The third-order valence-electron chi connectivity index (χ3n) is 4.23. The molecule has 1 fully saturated rings. The van der Waals surface area contributed by atoms with Gasteiger partial charge in [-0.1, -0.05) is 6.07 Å². The number of amides is 1. The Balaban J connectivity index is 1.42. The first-order valence-electron chi connectivity index (χ1n) is 8.18. The highest BCUT2D eigenvalue weighted by Crippen LogP contribution is 2.24. The van der Waals surface area contributed by atoms with Crippen molar-refractivity contribution >= 4 is 23.1 Å². The molecule has 0 saturated carbocycles. The van der Waals surface area contributed by atoms with Crippen molar-refractivity contribution in [2.24, 2.45) is 0 Å². The van der Waals surface area contributed by atoms with E-state index >= 15 is 0 Å². The predicted molar refractivity (Wildman–Crippen MR) is 96.9 cm³/mol. The maximum absolute atomic E-state index is 12.7. The number of anilines is 1. The van der Waals surface area contributed by atoms with Crippen molar-refractivity contribution in [3.63, 3.8) is 0 Å². The summed E-state index contributed by atoms with van der Waals surface area (Å²) in [5.41, 5.74) is 0.779. The Kier molecular flexibility index (Phi) is 4.23. The highest BCUT2D eigenvalue weighted by Gasteiger charge is 2.25. The number of pyridine rings is 1. The molecule has 0 bridgehead atoms. The van der Waals surface area contributed by atoms with Crippen molar-refractivity contribution in [3.8, 4) is 11.5 Å². The zero-order valence-electron chi connectivity index (χ0n) is 13.9. The molecule has 0 N–H and O–H groups in total. The van der Waals surface area contributed by atoms with Crippen molar-refractivity contribution < 1.29 is 9.21 Å². The molecule has 1 saturated heterocycles. The zero-order valence-corrected chi connectivity index (χ0v) is 14.7. The Morgan fingerprint density at radius 1 is 1.16 bits per heavy atom. The van der Waals surface area contributed by atoms with Crippen LogP contribution in [0, 0.1) is 6.92 Å². The molecule has 0 aromatic carbocycles. The Bertz CT molecular complexity index is 866. The van der Waals surface area contributed by atoms with Crippen LogP contribution in [0.1, 0.15) is 15.6 Å². The van der Waals surface area contributed by atoms with Gasteiger partial charge >= 0.3 is 0 Å². The summed E-state index contributed by atoms with van der Waals surface area (Å²) < 4.78 is 5.74. The first kappa shape index (κ1) is 15.8. The number of aromatic nitrogens is 2. The molecular weight excluding hydrogens is 336 g/mol. The molecule has 4 rings (SSSR count). The Morgan fingerprint density at radius 2 is 2.00 bits per heavy atom. The molecule has 6 nitrogen and oxygen atoms in total. The lowest BCUT2D eigenvalue weighted by molar-refractivity contribution is 0.0715. The van der Waals surface area contributed by atoms with Crippen LogP contribution in [0.2, 0.25) is 0 Å². The van der Waals surface area contributed by atoms with Crippen LogP contribution in [0.4, 0.5) is 5.82 Å². The number of furan rings is 1. The molecule has 0 aliphatic carbocycles. The maximum atomic E-state index is 12.7. The molecule has 1 amide bonds. The summed E-state index contributed by atoms with van der Waals surface area (Å²) in [6.07, 6.45) is 1.79. The monoisotopic (exact) mass is 354 g/mol. The number of carbonyl (C=O) groups is 1. The predicted octanol–water partition coefficient (Wildman–Crippen LogP) is 3.07. The van der Waals surface area contributed by atoms with Gasteiger partial charge in [0.1, 0.15) is 11.5 Å². The highest BCUT2D eigenvalue weighted by atomic mass is 32.1. The summed E-state index contributed by atoms with van der Waals surface area (Å²) in [7, 11) is 0. The second kappa shape index (κ2) is 6.68. The summed E-state index contributed by atoms with van der Waals surface area (Å²) in [5.74, 6) is 1.89. The summed E-state index contributed by atoms with van der Waals surface area (Å²) >= 11 is 1.57. The number of rotatable bonds is 3. The molecular formula is C18H18N4O2S. The van der Waals surface area contributed by atoms with Gasteiger partial charge in [-0.05, 0) is 31.2 Å². The Labute approximate surface area is 149 Å². The summed E-state index contributed by atoms with van der Waals surface area (Å²) in [5, 5.41) is 2.92. The molecule has 25 heavy (non-hydrogen) atoms. The van der Waals surface area contributed by atoms with Crippen molar-refractivity contribution in [2.45, 2.75) is 6.92 Å². The lowest BCUT2D eigenvalue weighted by atomic mass is 10.2. The van der Waals surface area contributed by atoms with Gasteiger partial charge in [0.25, 0.3) is 5.91 Å². The fraction of sp³-hybridized carbons (Fsp3) is 0.278. The SMILES string of the molecule is Cc1nc(-c2ccc(C(=O)N3CCN(c4ccccn4)CC3)o2)cs1. The topological polar surface area (TPSA) is 62.5 Å². The average molecular weight is 354 g/mol. The van der Waals surface area contributed by atoms with Crippen LogP contribution in [-0.2, 0) is 0 Å². The molecule has 1 aliphatic heterocycles. The zero-order chi connectivity index (χ0) is 17.2. The number of aryl methyl sites for hydroxylation is 1. The number of hydrogen-bond donors (Lipinski definition) is 0. The molecule has 7 heteroatoms. The third kappa shape index (κ3) is 3.28. The van der Waals surface area contributed by atoms with Gasteiger partial charge in [0.15, 0.2) is 11.5 Å². The maximum Gasteiger partial charge on any atom is 0.289 e. The Morgan fingerprint density at radius 3 is 2.68 bits per heavy atom. The highest BCUT2D eigenvalue weighted by molar-refractivity contribution is 7.09. The number of carbonyl (C=O) groups excluding carboxylic acids is 1. The van der Waals surface area contributed by atoms with E-state index in [0.717, 1.165) is 29.6 Å². The summed E-state index contributed by atoms with van der Waals surface area (Å²) in [6, 6.07) is 9.42. The van der Waals surface area contributed by atoms with Gasteiger partial charge in [0, 0.05) is 37.8 Å². The number of hydrogen-bond acceptors (Lipinski definition) is 6. The van der Waals surface area contributed by atoms with Gasteiger partial charge in [-0.3, -0.25) is 4.79 Å². The number of nitrogens with zero attached hydrogens (tertiary/aromatic N) is 4. The van der Waals surface area contributed by atoms with Crippen molar-refractivity contribution in [1.29, 1.82) is 0 Å². The largest absolute Gasteiger partial charge is 0.449 e. The summed E-state index contributed by atoms with van der Waals surface area (Å²) in [4.78, 5) is 25.5. The van der Waals surface area contributed by atoms with Gasteiger partial charge in [-0.2, -0.15) is 0 Å². The number of piperazine rings is 1. The van der Waals surface area contributed by atoms with Crippen LogP contribution in [0.3, 0.4) is 0 Å². The van der Waals surface area contributed by atoms with E-state index in [1.807, 2.05) is 41.5 Å². The van der Waals surface area contributed by atoms with E-state index in [2.05, 4.69) is 14.9 Å². The van der Waals surface area contributed by atoms with E-state index in [-0.39, 0.29) is 5.91 Å². The van der Waals surface area contributed by atoms with Crippen LogP contribution >= 0.6 is 11.3 Å².